The van der Waals surface area contributed by atoms with Crippen molar-refractivity contribution in [2.24, 2.45) is 5.92 Å². The zero-order valence-corrected chi connectivity index (χ0v) is 9.95. The second-order valence-corrected chi connectivity index (χ2v) is 3.76. The highest BCUT2D eigenvalue weighted by Gasteiger charge is 2.65. The molecule has 0 amide bonds. The van der Waals surface area contributed by atoms with Gasteiger partial charge in [-0.25, -0.2) is 13.5 Å². The first-order valence-electron chi connectivity index (χ1n) is 5.07. The average molecular weight is 318 g/mol. The number of halogens is 8. The molecule has 0 aliphatic heterocycles. The second-order valence-electron chi connectivity index (χ2n) is 3.76. The van der Waals surface area contributed by atoms with Crippen molar-refractivity contribution in [2.75, 3.05) is 6.86 Å². The Kier molecular flexibility index (Phi) is 6.18. The van der Waals surface area contributed by atoms with Gasteiger partial charge in [-0.15, -0.1) is 13.2 Å². The molecule has 0 fully saturated rings. The van der Waals surface area contributed by atoms with Crippen LogP contribution >= 0.6 is 0 Å². The Morgan fingerprint density at radius 3 is 1.95 bits per heavy atom. The van der Waals surface area contributed by atoms with Crippen molar-refractivity contribution >= 4 is 5.97 Å². The van der Waals surface area contributed by atoms with Crippen LogP contribution in [0.3, 0.4) is 0 Å². The van der Waals surface area contributed by atoms with Crippen molar-refractivity contribution < 1.29 is 49.4 Å². The molecule has 0 saturated carbocycles. The molecule has 2 unspecified atom stereocenters. The predicted molar refractivity (Wildman–Crippen MR) is 47.5 cm³/mol. The van der Waals surface area contributed by atoms with Crippen LogP contribution in [-0.4, -0.2) is 31.2 Å². The number of hydrogen-bond donors (Lipinski definition) is 0. The SMILES string of the molecule is CC(CCC(=O)OCF)C(F)(OC(F)(F)F)C(F)(F)F. The normalized spacial score (nSPS) is 17.4. The molecule has 0 heterocycles. The molecule has 3 nitrogen and oxygen atoms in total. The van der Waals surface area contributed by atoms with Crippen LogP contribution in [0.15, 0.2) is 0 Å². The molecule has 0 rings (SSSR count). The van der Waals surface area contributed by atoms with Crippen LogP contribution in [0, 0.1) is 5.92 Å². The van der Waals surface area contributed by atoms with Gasteiger partial charge in [0.25, 0.3) is 0 Å². The summed E-state index contributed by atoms with van der Waals surface area (Å²) in [5.74, 6) is -8.69. The lowest BCUT2D eigenvalue weighted by Gasteiger charge is -2.33. The van der Waals surface area contributed by atoms with Gasteiger partial charge in [0.1, 0.15) is 0 Å². The van der Waals surface area contributed by atoms with E-state index in [4.69, 9.17) is 0 Å². The minimum absolute atomic E-state index is 0.474. The smallest absolute Gasteiger partial charge is 0.434 e. The van der Waals surface area contributed by atoms with Crippen LogP contribution in [0.4, 0.5) is 35.1 Å². The summed E-state index contributed by atoms with van der Waals surface area (Å²) >= 11 is 0. The van der Waals surface area contributed by atoms with Crippen molar-refractivity contribution in [1.82, 2.24) is 0 Å². The van der Waals surface area contributed by atoms with Gasteiger partial charge in [-0.3, -0.25) is 4.79 Å². The Morgan fingerprint density at radius 2 is 1.60 bits per heavy atom. The molecule has 0 radical (unpaired) electrons. The molecular weight excluding hydrogens is 308 g/mol. The zero-order chi connectivity index (χ0) is 16.2. The Bertz CT molecular complexity index is 326. The lowest BCUT2D eigenvalue weighted by atomic mass is 9.96. The Hall–Kier alpha value is -1.13. The van der Waals surface area contributed by atoms with Crippen LogP contribution < -0.4 is 0 Å². The molecule has 0 aliphatic rings. The third-order valence-electron chi connectivity index (χ3n) is 2.28. The van der Waals surface area contributed by atoms with Gasteiger partial charge in [-0.2, -0.15) is 13.2 Å². The fourth-order valence-corrected chi connectivity index (χ4v) is 1.26. The number of carbonyl (C=O) groups is 1. The monoisotopic (exact) mass is 318 g/mol. The summed E-state index contributed by atoms with van der Waals surface area (Å²) in [6, 6.07) is 0. The number of rotatable bonds is 6. The quantitative estimate of drug-likeness (QED) is 0.554. The van der Waals surface area contributed by atoms with Gasteiger partial charge >= 0.3 is 24.4 Å². The third-order valence-corrected chi connectivity index (χ3v) is 2.28. The van der Waals surface area contributed by atoms with E-state index in [-0.39, 0.29) is 0 Å². The molecule has 0 N–H and O–H groups in total. The predicted octanol–water partition coefficient (Wildman–Crippen LogP) is 3.64. The van der Waals surface area contributed by atoms with Gasteiger partial charge < -0.3 is 4.74 Å². The van der Waals surface area contributed by atoms with E-state index < -0.39 is 50.0 Å². The highest BCUT2D eigenvalue weighted by atomic mass is 19.4. The van der Waals surface area contributed by atoms with E-state index in [9.17, 15) is 39.9 Å². The van der Waals surface area contributed by atoms with E-state index in [0.717, 1.165) is 0 Å². The fourth-order valence-electron chi connectivity index (χ4n) is 1.26. The van der Waals surface area contributed by atoms with Gasteiger partial charge in [0.2, 0.25) is 6.86 Å². The van der Waals surface area contributed by atoms with Crippen LogP contribution in [0.25, 0.3) is 0 Å². The minimum Gasteiger partial charge on any atom is -0.434 e. The lowest BCUT2D eigenvalue weighted by Crippen LogP contribution is -2.51. The lowest BCUT2D eigenvalue weighted by molar-refractivity contribution is -0.459. The maximum absolute atomic E-state index is 13.5. The standard InChI is InChI=1S/C9H10F8O3/c1-5(2-3-6(18)19-4-10)7(11,8(12,13)14)20-9(15,16)17/h5H,2-4H2,1H3. The second kappa shape index (κ2) is 6.55. The number of esters is 1. The molecule has 0 aliphatic carbocycles. The molecule has 20 heavy (non-hydrogen) atoms. The van der Waals surface area contributed by atoms with Gasteiger partial charge in [-0.1, -0.05) is 6.92 Å². The Balaban J connectivity index is 4.92. The largest absolute Gasteiger partial charge is 0.525 e. The summed E-state index contributed by atoms with van der Waals surface area (Å²) in [5, 5.41) is 0. The van der Waals surface area contributed by atoms with Crippen molar-refractivity contribution in [3.8, 4) is 0 Å². The molecule has 0 aromatic rings. The summed E-state index contributed by atoms with van der Waals surface area (Å²) in [5.41, 5.74) is 0. The molecule has 11 heteroatoms. The molecule has 120 valence electrons. The maximum atomic E-state index is 13.5. The molecule has 0 saturated heterocycles. The van der Waals surface area contributed by atoms with Gasteiger partial charge in [0, 0.05) is 12.3 Å². The van der Waals surface area contributed by atoms with Crippen molar-refractivity contribution in [1.29, 1.82) is 0 Å². The van der Waals surface area contributed by atoms with Crippen molar-refractivity contribution in [3.05, 3.63) is 0 Å². The highest BCUT2D eigenvalue weighted by Crippen LogP contribution is 2.45. The molecule has 0 bridgehead atoms. The van der Waals surface area contributed by atoms with E-state index in [1.165, 1.54) is 0 Å². The minimum atomic E-state index is -5.97. The topological polar surface area (TPSA) is 35.5 Å². The van der Waals surface area contributed by atoms with Gasteiger partial charge in [0.05, 0.1) is 0 Å². The molecular formula is C9H10F8O3. The summed E-state index contributed by atoms with van der Waals surface area (Å²) < 4.78 is 104. The summed E-state index contributed by atoms with van der Waals surface area (Å²) in [7, 11) is 0. The van der Waals surface area contributed by atoms with Gasteiger partial charge in [0.15, 0.2) is 0 Å². The summed E-state index contributed by atoms with van der Waals surface area (Å²) in [4.78, 5) is 10.7. The van der Waals surface area contributed by atoms with Crippen molar-refractivity contribution in [2.45, 2.75) is 38.2 Å². The van der Waals surface area contributed by atoms with Crippen LogP contribution in [0.5, 0.6) is 0 Å². The van der Waals surface area contributed by atoms with E-state index in [0.29, 0.717) is 6.92 Å². The van der Waals surface area contributed by atoms with Crippen LogP contribution in [0.2, 0.25) is 0 Å². The van der Waals surface area contributed by atoms with E-state index >= 15 is 0 Å². The first kappa shape index (κ1) is 18.9. The fraction of sp³-hybridized carbons (Fsp3) is 0.889. The first-order chi connectivity index (χ1) is 8.83. The zero-order valence-electron chi connectivity index (χ0n) is 9.95. The first-order valence-corrected chi connectivity index (χ1v) is 5.07. The number of hydrogen-bond acceptors (Lipinski definition) is 3. The number of alkyl halides is 8. The third kappa shape index (κ3) is 5.47. The van der Waals surface area contributed by atoms with Crippen LogP contribution in [-0.2, 0) is 14.3 Å². The summed E-state index contributed by atoms with van der Waals surface area (Å²) in [6.07, 6.45) is -13.7. The Labute approximate surface area is 107 Å². The number of carbonyl (C=O) groups excluding carboxylic acids is 1. The molecule has 0 spiro atoms. The Morgan fingerprint density at radius 1 is 1.10 bits per heavy atom. The van der Waals surface area contributed by atoms with Crippen molar-refractivity contribution in [3.63, 3.8) is 0 Å². The highest BCUT2D eigenvalue weighted by molar-refractivity contribution is 5.69. The summed E-state index contributed by atoms with van der Waals surface area (Å²) in [6.45, 7) is -1.08. The number of ether oxygens (including phenoxy) is 2. The van der Waals surface area contributed by atoms with E-state index in [2.05, 4.69) is 9.47 Å². The molecule has 0 aromatic heterocycles. The van der Waals surface area contributed by atoms with Gasteiger partial charge in [-0.05, 0) is 6.42 Å². The van der Waals surface area contributed by atoms with E-state index in [1.807, 2.05) is 0 Å². The molecule has 0 aromatic carbocycles. The molecule has 2 atom stereocenters. The van der Waals surface area contributed by atoms with E-state index in [1.54, 1.807) is 0 Å². The maximum Gasteiger partial charge on any atom is 0.525 e. The average Bonchev–Trinajstić information content (AvgIpc) is 2.22. The van der Waals surface area contributed by atoms with Crippen LogP contribution in [0.1, 0.15) is 19.8 Å².